The van der Waals surface area contributed by atoms with Crippen molar-refractivity contribution in [2.45, 2.75) is 20.0 Å². The molecule has 0 amide bonds. The number of anilines is 1. The van der Waals surface area contributed by atoms with E-state index in [0.717, 1.165) is 11.4 Å². The number of halogens is 3. The van der Waals surface area contributed by atoms with Gasteiger partial charge >= 0.3 is 6.18 Å². The molecular weight excluding hydrogens is 259 g/mol. The Kier molecular flexibility index (Phi) is 3.17. The molecule has 0 unspecified atom stereocenters. The van der Waals surface area contributed by atoms with Crippen molar-refractivity contribution in [3.8, 4) is 5.82 Å². The number of hydrogen-bond acceptors (Lipinski definition) is 4. The molecule has 2 rings (SSSR count). The molecule has 102 valence electrons. The lowest BCUT2D eigenvalue weighted by Crippen LogP contribution is -2.15. The van der Waals surface area contributed by atoms with Crippen molar-refractivity contribution in [3.63, 3.8) is 0 Å². The molecule has 0 radical (unpaired) electrons. The molecule has 0 saturated heterocycles. The predicted molar refractivity (Wildman–Crippen MR) is 63.2 cm³/mol. The van der Waals surface area contributed by atoms with Crippen molar-refractivity contribution in [3.05, 3.63) is 29.6 Å². The lowest BCUT2D eigenvalue weighted by Gasteiger charge is -2.11. The number of nitrogens with zero attached hydrogens (tertiary/aromatic N) is 4. The Morgan fingerprint density at radius 1 is 1.21 bits per heavy atom. The third kappa shape index (κ3) is 2.51. The average Bonchev–Trinajstić information content (AvgIpc) is 2.68. The number of aromatic nitrogens is 4. The first kappa shape index (κ1) is 13.3. The highest BCUT2D eigenvalue weighted by Gasteiger charge is 2.35. The highest BCUT2D eigenvalue weighted by atomic mass is 19.4. The van der Waals surface area contributed by atoms with Gasteiger partial charge in [-0.05, 0) is 13.8 Å². The normalized spacial score (nSPS) is 11.7. The fourth-order valence-electron chi connectivity index (χ4n) is 1.54. The lowest BCUT2D eigenvalue weighted by molar-refractivity contribution is -0.144. The van der Waals surface area contributed by atoms with Gasteiger partial charge in [-0.3, -0.25) is 4.57 Å². The van der Waals surface area contributed by atoms with Gasteiger partial charge in [-0.25, -0.2) is 15.0 Å². The first-order valence-electron chi connectivity index (χ1n) is 5.48. The van der Waals surface area contributed by atoms with Crippen LogP contribution in [0, 0.1) is 13.8 Å². The van der Waals surface area contributed by atoms with Gasteiger partial charge in [0.05, 0.1) is 5.69 Å². The van der Waals surface area contributed by atoms with Crippen molar-refractivity contribution >= 4 is 5.82 Å². The highest BCUT2D eigenvalue weighted by molar-refractivity contribution is 5.42. The van der Waals surface area contributed by atoms with Crippen LogP contribution in [0.25, 0.3) is 5.82 Å². The van der Waals surface area contributed by atoms with Gasteiger partial charge in [0, 0.05) is 18.8 Å². The summed E-state index contributed by atoms with van der Waals surface area (Å²) in [6, 6.07) is 1.43. The van der Waals surface area contributed by atoms with Crippen molar-refractivity contribution < 1.29 is 13.2 Å². The molecule has 19 heavy (non-hydrogen) atoms. The zero-order valence-corrected chi connectivity index (χ0v) is 10.6. The van der Waals surface area contributed by atoms with E-state index in [1.54, 1.807) is 13.8 Å². The topological polar surface area (TPSA) is 55.6 Å². The smallest absolute Gasteiger partial charge is 0.373 e. The summed E-state index contributed by atoms with van der Waals surface area (Å²) in [5, 5.41) is 2.59. The molecule has 0 bridgehead atoms. The molecule has 0 aromatic carbocycles. The predicted octanol–water partition coefficient (Wildman–Crippen LogP) is 2.34. The Balaban J connectivity index is 2.61. The van der Waals surface area contributed by atoms with Gasteiger partial charge in [0.15, 0.2) is 0 Å². The summed E-state index contributed by atoms with van der Waals surface area (Å²) in [6.45, 7) is 3.54. The van der Waals surface area contributed by atoms with Gasteiger partial charge in [-0.2, -0.15) is 13.2 Å². The number of hydrogen-bond donors (Lipinski definition) is 1. The monoisotopic (exact) mass is 271 g/mol. The van der Waals surface area contributed by atoms with Crippen LogP contribution in [-0.2, 0) is 6.18 Å². The summed E-state index contributed by atoms with van der Waals surface area (Å²) in [4.78, 5) is 11.0. The minimum atomic E-state index is -4.59. The van der Waals surface area contributed by atoms with Crippen LogP contribution < -0.4 is 5.32 Å². The van der Waals surface area contributed by atoms with E-state index in [1.165, 1.54) is 24.0 Å². The summed E-state index contributed by atoms with van der Waals surface area (Å²) in [5.41, 5.74) is 1.46. The zero-order valence-electron chi connectivity index (χ0n) is 10.6. The highest BCUT2D eigenvalue weighted by Crippen LogP contribution is 2.28. The standard InChI is InChI=1S/C11H12F3N5/c1-6-7(2)19(5-16-6)9-4-8(15-3)17-10(18-9)11(12,13)14/h4-5H,1-3H3,(H,15,17,18). The fourth-order valence-corrected chi connectivity index (χ4v) is 1.54. The van der Waals surface area contributed by atoms with Crippen LogP contribution in [0.2, 0.25) is 0 Å². The van der Waals surface area contributed by atoms with E-state index in [9.17, 15) is 13.2 Å². The quantitative estimate of drug-likeness (QED) is 0.910. The molecule has 1 N–H and O–H groups in total. The van der Waals surface area contributed by atoms with Crippen LogP contribution in [0.15, 0.2) is 12.4 Å². The van der Waals surface area contributed by atoms with Gasteiger partial charge in [-0.1, -0.05) is 0 Å². The molecule has 0 spiro atoms. The van der Waals surface area contributed by atoms with Crippen molar-refractivity contribution in [1.29, 1.82) is 0 Å². The Labute approximate surface area is 107 Å². The second-order valence-corrected chi connectivity index (χ2v) is 3.97. The summed E-state index contributed by atoms with van der Waals surface area (Å²) >= 11 is 0. The van der Waals surface area contributed by atoms with Crippen LogP contribution in [0.5, 0.6) is 0 Å². The number of rotatable bonds is 2. The van der Waals surface area contributed by atoms with Crippen molar-refractivity contribution in [1.82, 2.24) is 19.5 Å². The third-order valence-electron chi connectivity index (χ3n) is 2.72. The van der Waals surface area contributed by atoms with E-state index < -0.39 is 12.0 Å². The van der Waals surface area contributed by atoms with Gasteiger partial charge < -0.3 is 5.32 Å². The van der Waals surface area contributed by atoms with Crippen LogP contribution >= 0.6 is 0 Å². The van der Waals surface area contributed by atoms with E-state index in [-0.39, 0.29) is 11.6 Å². The molecule has 0 saturated carbocycles. The van der Waals surface area contributed by atoms with Gasteiger partial charge in [-0.15, -0.1) is 0 Å². The maximum atomic E-state index is 12.7. The van der Waals surface area contributed by atoms with Gasteiger partial charge in [0.1, 0.15) is 18.0 Å². The molecule has 0 atom stereocenters. The van der Waals surface area contributed by atoms with Crippen molar-refractivity contribution in [2.75, 3.05) is 12.4 Å². The average molecular weight is 271 g/mol. The minimum absolute atomic E-state index is 0.100. The Morgan fingerprint density at radius 3 is 2.37 bits per heavy atom. The Morgan fingerprint density at radius 2 is 1.89 bits per heavy atom. The van der Waals surface area contributed by atoms with E-state index in [2.05, 4.69) is 20.3 Å². The summed E-state index contributed by atoms with van der Waals surface area (Å²) in [6.07, 6.45) is -3.16. The molecule has 2 aromatic heterocycles. The second-order valence-electron chi connectivity index (χ2n) is 3.97. The second kappa shape index (κ2) is 4.52. The molecule has 2 aromatic rings. The minimum Gasteiger partial charge on any atom is -0.373 e. The van der Waals surface area contributed by atoms with Crippen LogP contribution in [0.1, 0.15) is 17.2 Å². The largest absolute Gasteiger partial charge is 0.451 e. The summed E-state index contributed by atoms with van der Waals surface area (Å²) < 4.78 is 39.7. The Hall–Kier alpha value is -2.12. The van der Waals surface area contributed by atoms with Gasteiger partial charge in [0.2, 0.25) is 5.82 Å². The molecule has 0 aliphatic rings. The molecule has 5 nitrogen and oxygen atoms in total. The SMILES string of the molecule is CNc1cc(-n2cnc(C)c2C)nc(C(F)(F)F)n1. The number of alkyl halides is 3. The summed E-state index contributed by atoms with van der Waals surface area (Å²) in [5.74, 6) is -0.951. The number of imidazole rings is 1. The molecule has 0 fully saturated rings. The number of aryl methyl sites for hydroxylation is 1. The molecule has 0 aliphatic heterocycles. The zero-order chi connectivity index (χ0) is 14.2. The van der Waals surface area contributed by atoms with Gasteiger partial charge in [0.25, 0.3) is 0 Å². The van der Waals surface area contributed by atoms with E-state index in [1.807, 2.05) is 0 Å². The molecule has 0 aliphatic carbocycles. The first-order chi connectivity index (χ1) is 8.82. The van der Waals surface area contributed by atoms with E-state index in [0.29, 0.717) is 0 Å². The van der Waals surface area contributed by atoms with E-state index in [4.69, 9.17) is 0 Å². The third-order valence-corrected chi connectivity index (χ3v) is 2.72. The van der Waals surface area contributed by atoms with Crippen LogP contribution in [0.4, 0.5) is 19.0 Å². The Bertz CT molecular complexity index is 603. The number of nitrogens with one attached hydrogen (secondary N) is 1. The summed E-state index contributed by atoms with van der Waals surface area (Å²) in [7, 11) is 1.50. The molecule has 2 heterocycles. The van der Waals surface area contributed by atoms with Crippen LogP contribution in [0.3, 0.4) is 0 Å². The molecule has 8 heteroatoms. The van der Waals surface area contributed by atoms with Crippen LogP contribution in [-0.4, -0.2) is 26.6 Å². The lowest BCUT2D eigenvalue weighted by atomic mass is 10.3. The maximum absolute atomic E-state index is 12.7. The van der Waals surface area contributed by atoms with E-state index >= 15 is 0 Å². The van der Waals surface area contributed by atoms with Crippen molar-refractivity contribution in [2.24, 2.45) is 0 Å². The first-order valence-corrected chi connectivity index (χ1v) is 5.48. The maximum Gasteiger partial charge on any atom is 0.451 e. The molecular formula is C11H12F3N5. The fraction of sp³-hybridized carbons (Fsp3) is 0.364.